The van der Waals surface area contributed by atoms with Crippen LogP contribution in [0.5, 0.6) is 0 Å². The van der Waals surface area contributed by atoms with E-state index in [4.69, 9.17) is 9.15 Å². The van der Waals surface area contributed by atoms with Crippen molar-refractivity contribution in [2.24, 2.45) is 46.3 Å². The molecule has 4 aliphatic carbocycles. The molecule has 5 rings (SSSR count). The largest absolute Gasteiger partial charge is 0.466 e. The van der Waals surface area contributed by atoms with Crippen LogP contribution in [0.2, 0.25) is 0 Å². The number of hydrogen-bond donors (Lipinski definition) is 0. The van der Waals surface area contributed by atoms with Gasteiger partial charge in [0, 0.05) is 25.7 Å². The number of hydrogen-bond acceptors (Lipinski definition) is 3. The first-order valence-corrected chi connectivity index (χ1v) is 20.1. The standard InChI is InChI=1S/C43H70O3/c1-7-8-11-17-34-21-22-35(45-34)18-12-9-10-13-19-41(44)46-36-26-28-42(5)33(30-36)20-23-37-39-25-24-38(32(4)16-14-15-31(2)3)43(39,6)29-27-40(37)42/h20-22,31-32,36-40H,7-19,23-30H2,1-6H3. The molecule has 0 aromatic carbocycles. The third-order valence-electron chi connectivity index (χ3n) is 13.9. The summed E-state index contributed by atoms with van der Waals surface area (Å²) in [5.41, 5.74) is 2.49. The SMILES string of the molecule is CCCCCc1ccc(CCCCCCC(=O)OC2CCC3(C)C(=CCC4C3CCC3(C)C(C(C)CCCC(C)C)CCC43)C2)o1. The van der Waals surface area contributed by atoms with Gasteiger partial charge in [-0.05, 0) is 123 Å². The van der Waals surface area contributed by atoms with E-state index in [1.807, 2.05) is 0 Å². The lowest BCUT2D eigenvalue weighted by Crippen LogP contribution is -2.51. The van der Waals surface area contributed by atoms with E-state index in [0.717, 1.165) is 98.4 Å². The minimum atomic E-state index is 0.0265. The van der Waals surface area contributed by atoms with Crippen LogP contribution in [0, 0.1) is 46.3 Å². The molecule has 0 amide bonds. The molecule has 8 atom stereocenters. The van der Waals surface area contributed by atoms with Crippen LogP contribution >= 0.6 is 0 Å². The Morgan fingerprint density at radius 2 is 1.61 bits per heavy atom. The van der Waals surface area contributed by atoms with Crippen molar-refractivity contribution in [3.8, 4) is 0 Å². The normalized spacial score (nSPS) is 32.8. The molecule has 46 heavy (non-hydrogen) atoms. The van der Waals surface area contributed by atoms with Crippen LogP contribution in [-0.2, 0) is 22.4 Å². The highest BCUT2D eigenvalue weighted by Crippen LogP contribution is 2.67. The molecule has 0 saturated heterocycles. The number of esters is 1. The second kappa shape index (κ2) is 16.3. The fourth-order valence-electron chi connectivity index (χ4n) is 11.2. The molecule has 3 nitrogen and oxygen atoms in total. The van der Waals surface area contributed by atoms with E-state index in [-0.39, 0.29) is 12.1 Å². The topological polar surface area (TPSA) is 39.4 Å². The summed E-state index contributed by atoms with van der Waals surface area (Å²) in [6.07, 6.45) is 27.9. The Bertz CT molecular complexity index is 1130. The minimum absolute atomic E-state index is 0.0265. The number of ether oxygens (including phenoxy) is 1. The number of fused-ring (bicyclic) bond motifs is 5. The summed E-state index contributed by atoms with van der Waals surface area (Å²) >= 11 is 0. The lowest BCUT2D eigenvalue weighted by Gasteiger charge is -2.58. The second-order valence-electron chi connectivity index (χ2n) is 17.4. The van der Waals surface area contributed by atoms with Crippen molar-refractivity contribution in [1.82, 2.24) is 0 Å². The number of rotatable bonds is 17. The number of carbonyl (C=O) groups is 1. The number of furan rings is 1. The van der Waals surface area contributed by atoms with Crippen LogP contribution in [0.4, 0.5) is 0 Å². The quantitative estimate of drug-likeness (QED) is 0.0972. The van der Waals surface area contributed by atoms with Gasteiger partial charge >= 0.3 is 5.97 Å². The first kappa shape index (κ1) is 35.8. The Labute approximate surface area is 283 Å². The summed E-state index contributed by atoms with van der Waals surface area (Å²) in [6.45, 7) is 14.9. The zero-order valence-corrected chi connectivity index (χ0v) is 30.8. The van der Waals surface area contributed by atoms with Crippen LogP contribution in [-0.4, -0.2) is 12.1 Å². The molecular weight excluding hydrogens is 564 g/mol. The highest BCUT2D eigenvalue weighted by Gasteiger charge is 2.59. The van der Waals surface area contributed by atoms with Crippen molar-refractivity contribution < 1.29 is 13.9 Å². The maximum absolute atomic E-state index is 12.8. The van der Waals surface area contributed by atoms with E-state index >= 15 is 0 Å². The van der Waals surface area contributed by atoms with Crippen molar-refractivity contribution >= 4 is 5.97 Å². The molecule has 3 fully saturated rings. The van der Waals surface area contributed by atoms with Crippen LogP contribution in [0.1, 0.15) is 175 Å². The molecule has 0 spiro atoms. The molecule has 260 valence electrons. The van der Waals surface area contributed by atoms with Gasteiger partial charge < -0.3 is 9.15 Å². The van der Waals surface area contributed by atoms with Gasteiger partial charge in [-0.3, -0.25) is 4.79 Å². The summed E-state index contributed by atoms with van der Waals surface area (Å²) in [5, 5.41) is 0. The molecule has 0 aliphatic heterocycles. The first-order valence-electron chi connectivity index (χ1n) is 20.1. The average Bonchev–Trinajstić information content (AvgIpc) is 3.62. The Morgan fingerprint density at radius 3 is 2.35 bits per heavy atom. The van der Waals surface area contributed by atoms with Gasteiger partial charge in [-0.1, -0.05) is 98.1 Å². The van der Waals surface area contributed by atoms with Crippen LogP contribution in [0.3, 0.4) is 0 Å². The fourth-order valence-corrected chi connectivity index (χ4v) is 11.2. The van der Waals surface area contributed by atoms with E-state index in [1.54, 1.807) is 5.57 Å². The van der Waals surface area contributed by atoms with Gasteiger partial charge in [0.05, 0.1) is 0 Å². The summed E-state index contributed by atoms with van der Waals surface area (Å²) < 4.78 is 12.1. The minimum Gasteiger partial charge on any atom is -0.466 e. The van der Waals surface area contributed by atoms with E-state index in [1.165, 1.54) is 77.0 Å². The molecule has 1 aromatic heterocycles. The van der Waals surface area contributed by atoms with Gasteiger partial charge in [-0.2, -0.15) is 0 Å². The number of aryl methyl sites for hydroxylation is 2. The van der Waals surface area contributed by atoms with E-state index in [2.05, 4.69) is 59.8 Å². The Hall–Kier alpha value is -1.51. The molecule has 0 N–H and O–H groups in total. The second-order valence-corrected chi connectivity index (χ2v) is 17.4. The maximum Gasteiger partial charge on any atom is 0.306 e. The van der Waals surface area contributed by atoms with Gasteiger partial charge in [0.2, 0.25) is 0 Å². The Kier molecular flexibility index (Phi) is 12.7. The Balaban J connectivity index is 1.03. The summed E-state index contributed by atoms with van der Waals surface area (Å²) in [4.78, 5) is 12.8. The monoisotopic (exact) mass is 635 g/mol. The smallest absolute Gasteiger partial charge is 0.306 e. The summed E-state index contributed by atoms with van der Waals surface area (Å²) in [6, 6.07) is 4.31. The highest BCUT2D eigenvalue weighted by molar-refractivity contribution is 5.69. The number of carbonyl (C=O) groups excluding carboxylic acids is 1. The number of unbranched alkanes of at least 4 members (excludes halogenated alkanes) is 5. The third-order valence-corrected chi connectivity index (χ3v) is 13.9. The zero-order chi connectivity index (χ0) is 32.7. The molecular formula is C43H70O3. The average molecular weight is 635 g/mol. The van der Waals surface area contributed by atoms with Crippen molar-refractivity contribution in [2.75, 3.05) is 0 Å². The van der Waals surface area contributed by atoms with Gasteiger partial charge in [0.25, 0.3) is 0 Å². The summed E-state index contributed by atoms with van der Waals surface area (Å²) in [5.74, 6) is 7.50. The number of allylic oxidation sites excluding steroid dienone is 1. The van der Waals surface area contributed by atoms with Gasteiger partial charge in [0.1, 0.15) is 17.6 Å². The summed E-state index contributed by atoms with van der Waals surface area (Å²) in [7, 11) is 0. The van der Waals surface area contributed by atoms with Crippen molar-refractivity contribution in [2.45, 2.75) is 182 Å². The van der Waals surface area contributed by atoms with Crippen LogP contribution < -0.4 is 0 Å². The fraction of sp³-hybridized carbons (Fsp3) is 0.837. The lowest BCUT2D eigenvalue weighted by molar-refractivity contribution is -0.151. The molecule has 0 bridgehead atoms. The van der Waals surface area contributed by atoms with Crippen molar-refractivity contribution in [3.63, 3.8) is 0 Å². The maximum atomic E-state index is 12.8. The third kappa shape index (κ3) is 8.37. The van der Waals surface area contributed by atoms with E-state index in [0.29, 0.717) is 17.3 Å². The lowest BCUT2D eigenvalue weighted by atomic mass is 9.47. The van der Waals surface area contributed by atoms with Crippen molar-refractivity contribution in [3.05, 3.63) is 35.3 Å². The van der Waals surface area contributed by atoms with Gasteiger partial charge in [-0.25, -0.2) is 0 Å². The van der Waals surface area contributed by atoms with Gasteiger partial charge in [-0.15, -0.1) is 0 Å². The van der Waals surface area contributed by atoms with E-state index in [9.17, 15) is 4.79 Å². The molecule has 3 saturated carbocycles. The van der Waals surface area contributed by atoms with Gasteiger partial charge in [0.15, 0.2) is 0 Å². The molecule has 3 heteroatoms. The zero-order valence-electron chi connectivity index (χ0n) is 30.8. The predicted molar refractivity (Wildman–Crippen MR) is 192 cm³/mol. The molecule has 4 aliphatic rings. The van der Waals surface area contributed by atoms with Crippen LogP contribution in [0.25, 0.3) is 0 Å². The Morgan fingerprint density at radius 1 is 0.870 bits per heavy atom. The van der Waals surface area contributed by atoms with Crippen molar-refractivity contribution in [1.29, 1.82) is 0 Å². The van der Waals surface area contributed by atoms with Crippen LogP contribution in [0.15, 0.2) is 28.2 Å². The predicted octanol–water partition coefficient (Wildman–Crippen LogP) is 12.5. The first-order chi connectivity index (χ1) is 22.1. The van der Waals surface area contributed by atoms with E-state index < -0.39 is 0 Å². The molecule has 0 radical (unpaired) electrons. The molecule has 8 unspecified atom stereocenters. The highest BCUT2D eigenvalue weighted by atomic mass is 16.5. The molecule has 1 heterocycles. The molecule has 1 aromatic rings.